The molecule has 2 bridgehead atoms. The molecule has 0 unspecified atom stereocenters. The molecule has 110 valence electrons. The first-order valence-corrected chi connectivity index (χ1v) is 6.98. The van der Waals surface area contributed by atoms with Crippen LogP contribution in [0.25, 0.3) is 0 Å². The van der Waals surface area contributed by atoms with E-state index in [2.05, 4.69) is 4.99 Å². The van der Waals surface area contributed by atoms with Crippen molar-refractivity contribution in [2.75, 3.05) is 13.2 Å². The van der Waals surface area contributed by atoms with Crippen LogP contribution in [0.3, 0.4) is 0 Å². The lowest BCUT2D eigenvalue weighted by atomic mass is 10.1. The van der Waals surface area contributed by atoms with Crippen molar-refractivity contribution in [3.05, 3.63) is 0 Å². The Hall–Kier alpha value is -1.18. The molecule has 3 saturated heterocycles. The van der Waals surface area contributed by atoms with Gasteiger partial charge in [0, 0.05) is 6.54 Å². The van der Waals surface area contributed by atoms with E-state index in [1.165, 1.54) is 0 Å². The Labute approximate surface area is 116 Å². The fourth-order valence-electron chi connectivity index (χ4n) is 3.25. The van der Waals surface area contributed by atoms with Crippen LogP contribution in [0, 0.1) is 5.92 Å². The van der Waals surface area contributed by atoms with Gasteiger partial charge < -0.3 is 18.9 Å². The first kappa shape index (κ1) is 12.6. The van der Waals surface area contributed by atoms with Gasteiger partial charge in [0.15, 0.2) is 12.0 Å². The molecule has 0 aromatic heterocycles. The van der Waals surface area contributed by atoms with Crippen LogP contribution in [0.2, 0.25) is 0 Å². The summed E-state index contributed by atoms with van der Waals surface area (Å²) in [5.41, 5.74) is 0. The van der Waals surface area contributed by atoms with Crippen molar-refractivity contribution in [1.29, 1.82) is 0 Å². The summed E-state index contributed by atoms with van der Waals surface area (Å²) in [7, 11) is 0. The maximum absolute atomic E-state index is 11.7. The number of rotatable bonds is 0. The standard InChI is InChI=1S/C13H18N2O5/c1-6-4-15-11-9-8(19-13(2,3)20-9)7(18-11)5-17-12(15)14-10(6)16/h6-9,11H,4-5H2,1-3H3/t6-,7-,8-,9-,11-/m1/s1. The minimum atomic E-state index is -0.617. The molecule has 5 atom stereocenters. The Bertz CT molecular complexity index is 491. The largest absolute Gasteiger partial charge is 0.462 e. The molecule has 7 nitrogen and oxygen atoms in total. The first-order chi connectivity index (χ1) is 9.44. The molecule has 0 spiro atoms. The predicted octanol–water partition coefficient (Wildman–Crippen LogP) is 0.0959. The van der Waals surface area contributed by atoms with Crippen molar-refractivity contribution >= 4 is 11.9 Å². The molecule has 0 aromatic rings. The van der Waals surface area contributed by atoms with Gasteiger partial charge in [0.05, 0.1) is 5.92 Å². The molecule has 4 heterocycles. The highest BCUT2D eigenvalue weighted by molar-refractivity contribution is 5.94. The number of amides is 1. The van der Waals surface area contributed by atoms with Crippen molar-refractivity contribution in [2.24, 2.45) is 10.9 Å². The molecule has 4 rings (SSSR count). The van der Waals surface area contributed by atoms with Crippen molar-refractivity contribution in [2.45, 2.75) is 51.1 Å². The number of aliphatic imine (C=N–C) groups is 1. The van der Waals surface area contributed by atoms with Crippen molar-refractivity contribution in [3.63, 3.8) is 0 Å². The number of hydrogen-bond acceptors (Lipinski definition) is 6. The van der Waals surface area contributed by atoms with E-state index in [0.717, 1.165) is 0 Å². The third-order valence-corrected chi connectivity index (χ3v) is 4.15. The Morgan fingerprint density at radius 2 is 2.05 bits per heavy atom. The molecule has 4 aliphatic rings. The number of ether oxygens (including phenoxy) is 4. The summed E-state index contributed by atoms with van der Waals surface area (Å²) in [6, 6.07) is 0.354. The first-order valence-electron chi connectivity index (χ1n) is 6.98. The molecule has 7 heteroatoms. The fourth-order valence-corrected chi connectivity index (χ4v) is 3.25. The van der Waals surface area contributed by atoms with Gasteiger partial charge in [-0.1, -0.05) is 6.92 Å². The topological polar surface area (TPSA) is 69.6 Å². The molecular formula is C13H18N2O5. The number of carbonyl (C=O) groups is 1. The van der Waals surface area contributed by atoms with Crippen LogP contribution >= 0.6 is 0 Å². The van der Waals surface area contributed by atoms with Crippen molar-refractivity contribution < 1.29 is 23.7 Å². The summed E-state index contributed by atoms with van der Waals surface area (Å²) in [5, 5.41) is 0. The van der Waals surface area contributed by atoms with Crippen LogP contribution in [0.5, 0.6) is 0 Å². The van der Waals surface area contributed by atoms with E-state index in [1.54, 1.807) is 0 Å². The lowest BCUT2D eigenvalue weighted by Crippen LogP contribution is -2.53. The number of fused-ring (bicyclic) bond motifs is 7. The maximum Gasteiger partial charge on any atom is 0.297 e. The molecule has 4 aliphatic heterocycles. The van der Waals surface area contributed by atoms with E-state index in [0.29, 0.717) is 19.2 Å². The Morgan fingerprint density at radius 3 is 2.85 bits per heavy atom. The Morgan fingerprint density at radius 1 is 1.30 bits per heavy atom. The second-order valence-corrected chi connectivity index (χ2v) is 6.23. The zero-order valence-corrected chi connectivity index (χ0v) is 11.7. The summed E-state index contributed by atoms with van der Waals surface area (Å²) in [6.07, 6.45) is -0.803. The molecule has 1 amide bonds. The van der Waals surface area contributed by atoms with Gasteiger partial charge in [-0.25, -0.2) is 0 Å². The Balaban J connectivity index is 1.68. The van der Waals surface area contributed by atoms with Gasteiger partial charge in [-0.15, -0.1) is 0 Å². The van der Waals surface area contributed by atoms with Crippen LogP contribution in [0.1, 0.15) is 20.8 Å². The quantitative estimate of drug-likeness (QED) is 0.627. The van der Waals surface area contributed by atoms with Gasteiger partial charge in [0.2, 0.25) is 0 Å². The molecular weight excluding hydrogens is 264 g/mol. The number of carbonyl (C=O) groups excluding carboxylic acids is 1. The average Bonchev–Trinajstić information content (AvgIpc) is 2.76. The molecule has 20 heavy (non-hydrogen) atoms. The smallest absolute Gasteiger partial charge is 0.297 e. The van der Waals surface area contributed by atoms with Gasteiger partial charge in [-0.2, -0.15) is 4.99 Å². The second kappa shape index (κ2) is 3.93. The minimum absolute atomic E-state index is 0.135. The van der Waals surface area contributed by atoms with E-state index in [4.69, 9.17) is 18.9 Å². The van der Waals surface area contributed by atoms with Crippen molar-refractivity contribution in [1.82, 2.24) is 4.90 Å². The van der Waals surface area contributed by atoms with Gasteiger partial charge >= 0.3 is 0 Å². The normalized spacial score (nSPS) is 45.4. The summed E-state index contributed by atoms with van der Waals surface area (Å²) >= 11 is 0. The third kappa shape index (κ3) is 1.70. The molecule has 0 radical (unpaired) electrons. The van der Waals surface area contributed by atoms with Crippen LogP contribution in [0.4, 0.5) is 0 Å². The lowest BCUT2D eigenvalue weighted by Gasteiger charge is -2.35. The van der Waals surface area contributed by atoms with Crippen LogP contribution in [-0.2, 0) is 23.7 Å². The van der Waals surface area contributed by atoms with E-state index in [1.807, 2.05) is 25.7 Å². The SMILES string of the molecule is C[C@@H]1CN2C(=NC1=O)OC[C@H]1O[C@@H]2[C@@H]2OC(C)(C)O[C@@H]21. The van der Waals surface area contributed by atoms with E-state index >= 15 is 0 Å². The van der Waals surface area contributed by atoms with Gasteiger partial charge in [0.1, 0.15) is 24.9 Å². The maximum atomic E-state index is 11.7. The minimum Gasteiger partial charge on any atom is -0.462 e. The summed E-state index contributed by atoms with van der Waals surface area (Å²) < 4.78 is 23.5. The van der Waals surface area contributed by atoms with E-state index in [9.17, 15) is 4.79 Å². The zero-order chi connectivity index (χ0) is 14.1. The monoisotopic (exact) mass is 282 g/mol. The summed E-state index contributed by atoms with van der Waals surface area (Å²) in [4.78, 5) is 17.6. The Kier molecular flexibility index (Phi) is 2.47. The number of hydrogen-bond donors (Lipinski definition) is 0. The van der Waals surface area contributed by atoms with Gasteiger partial charge in [0.25, 0.3) is 11.9 Å². The summed E-state index contributed by atoms with van der Waals surface area (Å²) in [5.74, 6) is -0.930. The highest BCUT2D eigenvalue weighted by Crippen LogP contribution is 2.41. The van der Waals surface area contributed by atoms with Crippen LogP contribution in [0.15, 0.2) is 4.99 Å². The van der Waals surface area contributed by atoms with E-state index < -0.39 is 5.79 Å². The molecule has 0 N–H and O–H groups in total. The fraction of sp³-hybridized carbons (Fsp3) is 0.846. The highest BCUT2D eigenvalue weighted by atomic mass is 16.8. The average molecular weight is 282 g/mol. The zero-order valence-electron chi connectivity index (χ0n) is 11.7. The van der Waals surface area contributed by atoms with Crippen LogP contribution < -0.4 is 0 Å². The molecule has 0 aliphatic carbocycles. The van der Waals surface area contributed by atoms with Crippen LogP contribution in [-0.4, -0.2) is 60.3 Å². The van der Waals surface area contributed by atoms with Gasteiger partial charge in [-0.05, 0) is 13.8 Å². The number of amidine groups is 1. The number of nitrogens with zero attached hydrogens (tertiary/aromatic N) is 2. The van der Waals surface area contributed by atoms with Crippen molar-refractivity contribution in [3.8, 4) is 0 Å². The molecule has 0 saturated carbocycles. The highest BCUT2D eigenvalue weighted by Gasteiger charge is 2.59. The summed E-state index contributed by atoms with van der Waals surface area (Å²) in [6.45, 7) is 6.51. The second-order valence-electron chi connectivity index (χ2n) is 6.23. The molecule has 3 fully saturated rings. The third-order valence-electron chi connectivity index (χ3n) is 4.15. The molecule has 0 aromatic carbocycles. The lowest BCUT2D eigenvalue weighted by molar-refractivity contribution is -0.198. The van der Waals surface area contributed by atoms with Gasteiger partial charge in [-0.3, -0.25) is 9.69 Å². The predicted molar refractivity (Wildman–Crippen MR) is 66.8 cm³/mol. The van der Waals surface area contributed by atoms with E-state index in [-0.39, 0.29) is 36.4 Å².